The molecule has 0 spiro atoms. The molecule has 4 N–H and O–H groups in total. The SMILES string of the molecule is CC(=O)CNCC(O)c1ccc(O)c(NC(C)=O)c1. The zero-order chi connectivity index (χ0) is 14.4. The standard InChI is InChI=1S/C13H18N2O4/c1-8(16)6-14-7-13(19)10-3-4-12(18)11(5-10)15-9(2)17/h3-5,13-14,18-19H,6-7H2,1-2H3,(H,15,17). The van der Waals surface area contributed by atoms with E-state index >= 15 is 0 Å². The fourth-order valence-electron chi connectivity index (χ4n) is 1.55. The van der Waals surface area contributed by atoms with Crippen LogP contribution in [0.1, 0.15) is 25.5 Å². The number of carbonyl (C=O) groups excluding carboxylic acids is 2. The van der Waals surface area contributed by atoms with E-state index < -0.39 is 6.10 Å². The molecule has 0 fully saturated rings. The summed E-state index contributed by atoms with van der Waals surface area (Å²) in [4.78, 5) is 21.7. The summed E-state index contributed by atoms with van der Waals surface area (Å²) in [6.45, 7) is 3.18. The summed E-state index contributed by atoms with van der Waals surface area (Å²) in [6, 6.07) is 4.45. The van der Waals surface area contributed by atoms with Crippen LogP contribution in [0.5, 0.6) is 5.75 Å². The van der Waals surface area contributed by atoms with Gasteiger partial charge in [0, 0.05) is 13.5 Å². The van der Waals surface area contributed by atoms with Gasteiger partial charge in [0.2, 0.25) is 5.91 Å². The molecule has 0 aliphatic carbocycles. The van der Waals surface area contributed by atoms with E-state index in [2.05, 4.69) is 10.6 Å². The number of rotatable bonds is 6. The number of ketones is 1. The number of amides is 1. The van der Waals surface area contributed by atoms with Crippen LogP contribution in [-0.2, 0) is 9.59 Å². The van der Waals surface area contributed by atoms with Crippen molar-refractivity contribution in [2.24, 2.45) is 0 Å². The van der Waals surface area contributed by atoms with E-state index in [9.17, 15) is 19.8 Å². The Morgan fingerprint density at radius 1 is 1.32 bits per heavy atom. The van der Waals surface area contributed by atoms with Crippen molar-refractivity contribution in [2.45, 2.75) is 20.0 Å². The molecule has 6 heteroatoms. The van der Waals surface area contributed by atoms with Crippen LogP contribution < -0.4 is 10.6 Å². The lowest BCUT2D eigenvalue weighted by Gasteiger charge is -2.14. The van der Waals surface area contributed by atoms with Gasteiger partial charge in [-0.2, -0.15) is 0 Å². The summed E-state index contributed by atoms with van der Waals surface area (Å²) in [7, 11) is 0. The molecule has 0 saturated heterocycles. The van der Waals surface area contributed by atoms with Crippen LogP contribution in [0.15, 0.2) is 18.2 Å². The molecule has 1 rings (SSSR count). The Balaban J connectivity index is 2.71. The first-order chi connectivity index (χ1) is 8.90. The number of nitrogens with one attached hydrogen (secondary N) is 2. The fraction of sp³-hybridized carbons (Fsp3) is 0.385. The third kappa shape index (κ3) is 5.07. The lowest BCUT2D eigenvalue weighted by atomic mass is 10.1. The second-order valence-corrected chi connectivity index (χ2v) is 4.31. The summed E-state index contributed by atoms with van der Waals surface area (Å²) >= 11 is 0. The lowest BCUT2D eigenvalue weighted by Crippen LogP contribution is -2.26. The van der Waals surface area contributed by atoms with E-state index in [1.165, 1.54) is 26.0 Å². The van der Waals surface area contributed by atoms with Crippen molar-refractivity contribution in [1.29, 1.82) is 0 Å². The van der Waals surface area contributed by atoms with Gasteiger partial charge in [-0.25, -0.2) is 0 Å². The number of phenols is 1. The quantitative estimate of drug-likeness (QED) is 0.564. The van der Waals surface area contributed by atoms with E-state index in [0.29, 0.717) is 5.56 Å². The van der Waals surface area contributed by atoms with Crippen molar-refractivity contribution < 1.29 is 19.8 Å². The predicted molar refractivity (Wildman–Crippen MR) is 70.9 cm³/mol. The van der Waals surface area contributed by atoms with E-state index in [1.54, 1.807) is 6.07 Å². The number of aliphatic hydroxyl groups is 1. The van der Waals surface area contributed by atoms with Crippen molar-refractivity contribution >= 4 is 17.4 Å². The number of phenolic OH excluding ortho intramolecular Hbond substituents is 1. The largest absolute Gasteiger partial charge is 0.506 e. The molecule has 6 nitrogen and oxygen atoms in total. The first-order valence-electron chi connectivity index (χ1n) is 5.89. The van der Waals surface area contributed by atoms with Gasteiger partial charge in [0.15, 0.2) is 0 Å². The van der Waals surface area contributed by atoms with Gasteiger partial charge in [-0.15, -0.1) is 0 Å². The molecular formula is C13H18N2O4. The highest BCUT2D eigenvalue weighted by Gasteiger charge is 2.11. The van der Waals surface area contributed by atoms with E-state index in [4.69, 9.17) is 0 Å². The van der Waals surface area contributed by atoms with Crippen molar-refractivity contribution in [2.75, 3.05) is 18.4 Å². The summed E-state index contributed by atoms with van der Waals surface area (Å²) in [6.07, 6.45) is -0.826. The third-order valence-corrected chi connectivity index (χ3v) is 2.43. The maximum atomic E-state index is 11.0. The first kappa shape index (κ1) is 15.1. The van der Waals surface area contributed by atoms with Crippen molar-refractivity contribution in [3.8, 4) is 5.75 Å². The zero-order valence-electron chi connectivity index (χ0n) is 10.9. The van der Waals surface area contributed by atoms with Gasteiger partial charge in [0.05, 0.1) is 18.3 Å². The van der Waals surface area contributed by atoms with Gasteiger partial charge in [-0.3, -0.25) is 9.59 Å². The van der Waals surface area contributed by atoms with E-state index in [1.807, 2.05) is 0 Å². The van der Waals surface area contributed by atoms with Gasteiger partial charge in [-0.1, -0.05) is 6.07 Å². The van der Waals surface area contributed by atoms with Gasteiger partial charge in [0.25, 0.3) is 0 Å². The highest BCUT2D eigenvalue weighted by atomic mass is 16.3. The Kier molecular flexibility index (Phi) is 5.47. The number of aromatic hydroxyl groups is 1. The second-order valence-electron chi connectivity index (χ2n) is 4.31. The van der Waals surface area contributed by atoms with Crippen molar-refractivity contribution in [1.82, 2.24) is 5.32 Å². The fourth-order valence-corrected chi connectivity index (χ4v) is 1.55. The Morgan fingerprint density at radius 3 is 2.58 bits per heavy atom. The second kappa shape index (κ2) is 6.86. The minimum atomic E-state index is -0.826. The van der Waals surface area contributed by atoms with Crippen LogP contribution in [0, 0.1) is 0 Å². The van der Waals surface area contributed by atoms with Crippen LogP contribution in [0.2, 0.25) is 0 Å². The number of aliphatic hydroxyl groups excluding tert-OH is 1. The van der Waals surface area contributed by atoms with Gasteiger partial charge in [0.1, 0.15) is 11.5 Å². The van der Waals surface area contributed by atoms with Gasteiger partial charge >= 0.3 is 0 Å². The number of anilines is 1. The number of Topliss-reactive ketones (excluding diaryl/α,β-unsaturated/α-hetero) is 1. The predicted octanol–water partition coefficient (Wildman–Crippen LogP) is 0.563. The van der Waals surface area contributed by atoms with Crippen molar-refractivity contribution in [3.05, 3.63) is 23.8 Å². The molecule has 1 atom stereocenters. The number of benzene rings is 1. The van der Waals surface area contributed by atoms with Crippen LogP contribution in [0.25, 0.3) is 0 Å². The molecule has 104 valence electrons. The first-order valence-corrected chi connectivity index (χ1v) is 5.89. The Bertz CT molecular complexity index is 474. The van der Waals surface area contributed by atoms with Crippen molar-refractivity contribution in [3.63, 3.8) is 0 Å². The summed E-state index contributed by atoms with van der Waals surface area (Å²) in [5.41, 5.74) is 0.785. The normalized spacial score (nSPS) is 11.9. The van der Waals surface area contributed by atoms with Crippen LogP contribution in [0.3, 0.4) is 0 Å². The average molecular weight is 266 g/mol. The monoisotopic (exact) mass is 266 g/mol. The molecule has 0 aliphatic heterocycles. The summed E-state index contributed by atoms with van der Waals surface area (Å²) in [5, 5.41) is 24.7. The van der Waals surface area contributed by atoms with E-state index in [-0.39, 0.29) is 36.2 Å². The lowest BCUT2D eigenvalue weighted by molar-refractivity contribution is -0.116. The smallest absolute Gasteiger partial charge is 0.221 e. The Morgan fingerprint density at radius 2 is 2.00 bits per heavy atom. The van der Waals surface area contributed by atoms with Crippen LogP contribution in [0.4, 0.5) is 5.69 Å². The molecule has 1 amide bonds. The molecular weight excluding hydrogens is 248 g/mol. The Hall–Kier alpha value is -1.92. The highest BCUT2D eigenvalue weighted by Crippen LogP contribution is 2.26. The molecule has 1 aromatic rings. The summed E-state index contributed by atoms with van der Waals surface area (Å²) in [5.74, 6) is -0.392. The topological polar surface area (TPSA) is 98.7 Å². The molecule has 1 aromatic carbocycles. The van der Waals surface area contributed by atoms with Crippen LogP contribution in [-0.4, -0.2) is 35.0 Å². The molecule has 0 aliphatic rings. The maximum Gasteiger partial charge on any atom is 0.221 e. The molecule has 19 heavy (non-hydrogen) atoms. The third-order valence-electron chi connectivity index (χ3n) is 2.43. The molecule has 1 unspecified atom stereocenters. The molecule has 0 aromatic heterocycles. The molecule has 0 bridgehead atoms. The minimum Gasteiger partial charge on any atom is -0.506 e. The zero-order valence-corrected chi connectivity index (χ0v) is 10.9. The molecule has 0 saturated carbocycles. The molecule has 0 radical (unpaired) electrons. The van der Waals surface area contributed by atoms with Gasteiger partial charge in [-0.05, 0) is 24.6 Å². The highest BCUT2D eigenvalue weighted by molar-refractivity contribution is 5.90. The number of hydrogen-bond acceptors (Lipinski definition) is 5. The summed E-state index contributed by atoms with van der Waals surface area (Å²) < 4.78 is 0. The maximum absolute atomic E-state index is 11.0. The number of hydrogen-bond donors (Lipinski definition) is 4. The Labute approximate surface area is 111 Å². The number of carbonyl (C=O) groups is 2. The van der Waals surface area contributed by atoms with E-state index in [0.717, 1.165) is 0 Å². The van der Waals surface area contributed by atoms with Gasteiger partial charge < -0.3 is 20.8 Å². The average Bonchev–Trinajstić information content (AvgIpc) is 2.30. The minimum absolute atomic E-state index is 0.0168. The van der Waals surface area contributed by atoms with Crippen LogP contribution >= 0.6 is 0 Å². The molecule has 0 heterocycles.